The van der Waals surface area contributed by atoms with Crippen LogP contribution in [-0.4, -0.2) is 17.8 Å². The first kappa shape index (κ1) is 16.4. The van der Waals surface area contributed by atoms with E-state index in [4.69, 9.17) is 14.6 Å². The van der Waals surface area contributed by atoms with E-state index < -0.39 is 0 Å². The summed E-state index contributed by atoms with van der Waals surface area (Å²) in [5, 5.41) is 11.3. The average Bonchev–Trinajstić information content (AvgIpc) is 3.37. The maximum Gasteiger partial charge on any atom is 0.214 e. The van der Waals surface area contributed by atoms with Crippen LogP contribution in [0.2, 0.25) is 0 Å². The Labute approximate surface area is 162 Å². The SMILES string of the molecule is COc1cccc2c1O[C@@H](c1ccsc1)N1N=C(c3ccc(C)cc3)C[C@@H]21. The Morgan fingerprint density at radius 1 is 1.15 bits per heavy atom. The highest BCUT2D eigenvalue weighted by molar-refractivity contribution is 7.07. The number of hydrazone groups is 1. The van der Waals surface area contributed by atoms with Crippen LogP contribution in [0.1, 0.15) is 40.9 Å². The van der Waals surface area contributed by atoms with Crippen LogP contribution in [0.3, 0.4) is 0 Å². The van der Waals surface area contributed by atoms with Gasteiger partial charge in [0.05, 0.1) is 18.9 Å². The number of fused-ring (bicyclic) bond motifs is 3. The van der Waals surface area contributed by atoms with E-state index in [9.17, 15) is 0 Å². The van der Waals surface area contributed by atoms with E-state index in [-0.39, 0.29) is 12.3 Å². The van der Waals surface area contributed by atoms with Gasteiger partial charge in [0.25, 0.3) is 0 Å². The molecule has 0 unspecified atom stereocenters. The second-order valence-electron chi connectivity index (χ2n) is 6.92. The molecule has 0 spiro atoms. The van der Waals surface area contributed by atoms with E-state index in [0.29, 0.717) is 0 Å². The van der Waals surface area contributed by atoms with Crippen molar-refractivity contribution in [1.29, 1.82) is 0 Å². The summed E-state index contributed by atoms with van der Waals surface area (Å²) in [6.45, 7) is 2.10. The zero-order valence-electron chi connectivity index (χ0n) is 15.3. The number of rotatable bonds is 3. The molecule has 0 saturated heterocycles. The lowest BCUT2D eigenvalue weighted by atomic mass is 9.95. The molecule has 5 rings (SSSR count). The second kappa shape index (κ2) is 6.43. The Hall–Kier alpha value is -2.79. The van der Waals surface area contributed by atoms with Crippen molar-refractivity contribution in [3.63, 3.8) is 0 Å². The van der Waals surface area contributed by atoms with E-state index in [1.54, 1.807) is 18.4 Å². The molecule has 0 N–H and O–H groups in total. The van der Waals surface area contributed by atoms with Gasteiger partial charge in [0.1, 0.15) is 0 Å². The maximum atomic E-state index is 6.42. The summed E-state index contributed by atoms with van der Waals surface area (Å²) in [5.74, 6) is 1.61. The Morgan fingerprint density at radius 3 is 2.74 bits per heavy atom. The van der Waals surface area contributed by atoms with Gasteiger partial charge in [-0.15, -0.1) is 0 Å². The topological polar surface area (TPSA) is 34.1 Å². The summed E-state index contributed by atoms with van der Waals surface area (Å²) in [6.07, 6.45) is 0.612. The fourth-order valence-electron chi connectivity index (χ4n) is 3.80. The predicted octanol–water partition coefficient (Wildman–Crippen LogP) is 5.31. The predicted molar refractivity (Wildman–Crippen MR) is 108 cm³/mol. The van der Waals surface area contributed by atoms with Crippen molar-refractivity contribution < 1.29 is 9.47 Å². The van der Waals surface area contributed by atoms with Gasteiger partial charge in [0.2, 0.25) is 6.23 Å². The van der Waals surface area contributed by atoms with Crippen LogP contribution in [0.25, 0.3) is 0 Å². The maximum absolute atomic E-state index is 6.42. The number of ether oxygens (including phenoxy) is 2. The lowest BCUT2D eigenvalue weighted by Gasteiger charge is -2.38. The molecule has 0 radical (unpaired) electrons. The number of hydrogen-bond acceptors (Lipinski definition) is 5. The van der Waals surface area contributed by atoms with Gasteiger partial charge in [-0.2, -0.15) is 16.4 Å². The fourth-order valence-corrected chi connectivity index (χ4v) is 4.47. The summed E-state index contributed by atoms with van der Waals surface area (Å²) in [7, 11) is 1.69. The normalized spacial score (nSPS) is 20.5. The molecule has 2 aromatic carbocycles. The van der Waals surface area contributed by atoms with Gasteiger partial charge >= 0.3 is 0 Å². The largest absolute Gasteiger partial charge is 0.493 e. The van der Waals surface area contributed by atoms with Crippen molar-refractivity contribution in [3.05, 3.63) is 81.5 Å². The van der Waals surface area contributed by atoms with Crippen LogP contribution >= 0.6 is 11.3 Å². The molecular formula is C22H20N2O2S. The minimum absolute atomic E-state index is 0.144. The molecule has 2 aliphatic heterocycles. The number of methoxy groups -OCH3 is 1. The Balaban J connectivity index is 1.61. The second-order valence-corrected chi connectivity index (χ2v) is 7.70. The summed E-state index contributed by atoms with van der Waals surface area (Å²) >= 11 is 1.67. The van der Waals surface area contributed by atoms with Gasteiger partial charge < -0.3 is 9.47 Å². The zero-order valence-corrected chi connectivity index (χ0v) is 16.1. The highest BCUT2D eigenvalue weighted by Gasteiger charge is 2.42. The van der Waals surface area contributed by atoms with E-state index in [1.807, 2.05) is 12.1 Å². The highest BCUT2D eigenvalue weighted by Crippen LogP contribution is 2.50. The van der Waals surface area contributed by atoms with Gasteiger partial charge in [-0.05, 0) is 35.4 Å². The zero-order chi connectivity index (χ0) is 18.4. The van der Waals surface area contributed by atoms with Gasteiger partial charge in [0, 0.05) is 17.5 Å². The van der Waals surface area contributed by atoms with Gasteiger partial charge in [-0.1, -0.05) is 42.0 Å². The molecule has 0 saturated carbocycles. The van der Waals surface area contributed by atoms with Crippen molar-refractivity contribution in [3.8, 4) is 11.5 Å². The van der Waals surface area contributed by atoms with Gasteiger partial charge in [-0.3, -0.25) is 0 Å². The van der Waals surface area contributed by atoms with Crippen molar-refractivity contribution in [1.82, 2.24) is 5.01 Å². The van der Waals surface area contributed by atoms with Crippen LogP contribution in [0.15, 0.2) is 64.4 Å². The Kier molecular flexibility index (Phi) is 3.90. The van der Waals surface area contributed by atoms with E-state index in [0.717, 1.165) is 34.8 Å². The molecule has 5 heteroatoms. The molecule has 1 aromatic heterocycles. The third-order valence-electron chi connectivity index (χ3n) is 5.21. The highest BCUT2D eigenvalue weighted by atomic mass is 32.1. The van der Waals surface area contributed by atoms with Gasteiger partial charge in [0.15, 0.2) is 11.5 Å². The minimum atomic E-state index is -0.243. The number of benzene rings is 2. The molecule has 3 aromatic rings. The molecule has 0 bridgehead atoms. The Bertz CT molecular complexity index is 996. The number of para-hydroxylation sites is 1. The van der Waals surface area contributed by atoms with Crippen LogP contribution in [0.5, 0.6) is 11.5 Å². The summed E-state index contributed by atoms with van der Waals surface area (Å²) in [4.78, 5) is 0. The number of hydrogen-bond donors (Lipinski definition) is 0. The van der Waals surface area contributed by atoms with E-state index in [2.05, 4.69) is 59.1 Å². The minimum Gasteiger partial charge on any atom is -0.493 e. The molecule has 3 heterocycles. The number of thiophene rings is 1. The molecule has 4 nitrogen and oxygen atoms in total. The van der Waals surface area contributed by atoms with Crippen molar-refractivity contribution in [2.45, 2.75) is 25.6 Å². The first-order chi connectivity index (χ1) is 13.2. The van der Waals surface area contributed by atoms with Crippen molar-refractivity contribution in [2.75, 3.05) is 7.11 Å². The molecular weight excluding hydrogens is 356 g/mol. The van der Waals surface area contributed by atoms with Crippen LogP contribution in [-0.2, 0) is 0 Å². The molecule has 2 atom stereocenters. The lowest BCUT2D eigenvalue weighted by molar-refractivity contribution is -0.0206. The smallest absolute Gasteiger partial charge is 0.214 e. The monoisotopic (exact) mass is 376 g/mol. The molecule has 0 fully saturated rings. The molecule has 0 amide bonds. The van der Waals surface area contributed by atoms with Crippen LogP contribution in [0.4, 0.5) is 0 Å². The number of aryl methyl sites for hydroxylation is 1. The van der Waals surface area contributed by atoms with Gasteiger partial charge in [-0.25, -0.2) is 5.01 Å². The average molecular weight is 376 g/mol. The van der Waals surface area contributed by atoms with Crippen molar-refractivity contribution in [2.24, 2.45) is 5.10 Å². The first-order valence-electron chi connectivity index (χ1n) is 9.03. The third kappa shape index (κ3) is 2.70. The standard InChI is InChI=1S/C22H20N2O2S/c1-14-6-8-15(9-7-14)18-12-19-17-4-3-5-20(25-2)21(17)26-22(24(19)23-18)16-10-11-27-13-16/h3-11,13,19,22H,12H2,1-2H3/t19-,22-/m0/s1. The quantitative estimate of drug-likeness (QED) is 0.621. The number of nitrogens with zero attached hydrogens (tertiary/aromatic N) is 2. The lowest BCUT2D eigenvalue weighted by Crippen LogP contribution is -2.33. The fraction of sp³-hybridized carbons (Fsp3) is 0.227. The summed E-state index contributed by atoms with van der Waals surface area (Å²) in [5.41, 5.74) is 5.77. The van der Waals surface area contributed by atoms with E-state index >= 15 is 0 Å². The first-order valence-corrected chi connectivity index (χ1v) is 9.97. The molecule has 2 aliphatic rings. The summed E-state index contributed by atoms with van der Waals surface area (Å²) < 4.78 is 12.0. The molecule has 27 heavy (non-hydrogen) atoms. The Morgan fingerprint density at radius 2 is 2.00 bits per heavy atom. The van der Waals surface area contributed by atoms with Crippen LogP contribution in [0, 0.1) is 6.92 Å². The summed E-state index contributed by atoms with van der Waals surface area (Å²) in [6, 6.07) is 16.9. The molecule has 0 aliphatic carbocycles. The third-order valence-corrected chi connectivity index (χ3v) is 5.91. The van der Waals surface area contributed by atoms with Crippen LogP contribution < -0.4 is 9.47 Å². The van der Waals surface area contributed by atoms with E-state index in [1.165, 1.54) is 11.1 Å². The molecule has 136 valence electrons. The van der Waals surface area contributed by atoms with Crippen molar-refractivity contribution >= 4 is 17.0 Å².